The number of nitrogens with zero attached hydrogens (tertiary/aromatic N) is 3. The quantitative estimate of drug-likeness (QED) is 0.433. The molecule has 1 atom stereocenters. The van der Waals surface area contributed by atoms with Crippen molar-refractivity contribution in [2.75, 3.05) is 13.1 Å². The van der Waals surface area contributed by atoms with Crippen LogP contribution in [0.25, 0.3) is 0 Å². The average Bonchev–Trinajstić information content (AvgIpc) is 2.78. The molecule has 1 heterocycles. The fraction of sp³-hybridized carbons (Fsp3) is 0.692. The third kappa shape index (κ3) is 8.85. The molecule has 0 saturated heterocycles. The second kappa shape index (κ2) is 10.1. The van der Waals surface area contributed by atoms with Crippen molar-refractivity contribution in [2.45, 2.75) is 33.7 Å². The summed E-state index contributed by atoms with van der Waals surface area (Å²) >= 11 is 0. The van der Waals surface area contributed by atoms with Crippen molar-refractivity contribution in [3.8, 4) is 0 Å². The number of nitrogens with one attached hydrogen (secondary N) is 1. The van der Waals surface area contributed by atoms with Crippen LogP contribution in [0.4, 0.5) is 0 Å². The zero-order valence-electron chi connectivity index (χ0n) is 12.0. The Morgan fingerprint density at radius 3 is 2.74 bits per heavy atom. The van der Waals surface area contributed by atoms with Crippen molar-refractivity contribution in [2.24, 2.45) is 22.6 Å². The number of halogens is 1. The second-order valence-corrected chi connectivity index (χ2v) is 5.17. The van der Waals surface area contributed by atoms with E-state index in [9.17, 15) is 0 Å². The Kier molecular flexibility index (Phi) is 9.63. The van der Waals surface area contributed by atoms with Gasteiger partial charge in [-0.1, -0.05) is 20.8 Å². The summed E-state index contributed by atoms with van der Waals surface area (Å²) in [5.74, 6) is 1.65. The van der Waals surface area contributed by atoms with Crippen molar-refractivity contribution in [1.82, 2.24) is 15.1 Å². The van der Waals surface area contributed by atoms with Crippen LogP contribution >= 0.6 is 24.0 Å². The van der Waals surface area contributed by atoms with Crippen LogP contribution in [0.15, 0.2) is 23.5 Å². The van der Waals surface area contributed by atoms with E-state index in [0.29, 0.717) is 17.8 Å². The van der Waals surface area contributed by atoms with Gasteiger partial charge in [-0.25, -0.2) is 0 Å². The summed E-state index contributed by atoms with van der Waals surface area (Å²) in [6, 6.07) is 1.93. The molecular formula is C13H26IN5. The Morgan fingerprint density at radius 1 is 1.42 bits per heavy atom. The van der Waals surface area contributed by atoms with Crippen LogP contribution in [0, 0.1) is 11.8 Å². The van der Waals surface area contributed by atoms with Gasteiger partial charge in [-0.05, 0) is 24.3 Å². The average molecular weight is 379 g/mol. The molecule has 1 aromatic heterocycles. The maximum absolute atomic E-state index is 5.80. The van der Waals surface area contributed by atoms with E-state index in [1.165, 1.54) is 0 Å². The van der Waals surface area contributed by atoms with Gasteiger partial charge in [0.2, 0.25) is 0 Å². The molecule has 19 heavy (non-hydrogen) atoms. The molecule has 0 aliphatic rings. The molecule has 1 aromatic rings. The second-order valence-electron chi connectivity index (χ2n) is 5.17. The first-order valence-corrected chi connectivity index (χ1v) is 6.59. The van der Waals surface area contributed by atoms with E-state index in [0.717, 1.165) is 26.1 Å². The van der Waals surface area contributed by atoms with Gasteiger partial charge in [0.25, 0.3) is 0 Å². The minimum absolute atomic E-state index is 0. The number of aliphatic imine (C=N–C) groups is 1. The SMILES string of the molecule is CC(C)CCNC(N)=NCC(C)Cn1cccn1.I. The van der Waals surface area contributed by atoms with Crippen LogP contribution in [0.1, 0.15) is 27.2 Å². The van der Waals surface area contributed by atoms with Crippen molar-refractivity contribution >= 4 is 29.9 Å². The van der Waals surface area contributed by atoms with Gasteiger partial charge in [0.1, 0.15) is 0 Å². The lowest BCUT2D eigenvalue weighted by Gasteiger charge is -2.10. The summed E-state index contributed by atoms with van der Waals surface area (Å²) < 4.78 is 1.92. The molecular weight excluding hydrogens is 353 g/mol. The third-order valence-corrected chi connectivity index (χ3v) is 2.66. The number of aromatic nitrogens is 2. The van der Waals surface area contributed by atoms with Crippen LogP contribution < -0.4 is 11.1 Å². The zero-order chi connectivity index (χ0) is 13.4. The number of hydrogen-bond donors (Lipinski definition) is 2. The molecule has 110 valence electrons. The Bertz CT molecular complexity index is 348. The molecule has 0 aliphatic carbocycles. The van der Waals surface area contributed by atoms with Crippen molar-refractivity contribution in [1.29, 1.82) is 0 Å². The number of rotatable bonds is 7. The topological polar surface area (TPSA) is 68.2 Å². The first kappa shape index (κ1) is 18.2. The zero-order valence-corrected chi connectivity index (χ0v) is 14.4. The monoisotopic (exact) mass is 379 g/mol. The van der Waals surface area contributed by atoms with Gasteiger partial charge in [-0.2, -0.15) is 5.10 Å². The van der Waals surface area contributed by atoms with Crippen LogP contribution in [0.3, 0.4) is 0 Å². The largest absolute Gasteiger partial charge is 0.370 e. The Morgan fingerprint density at radius 2 is 2.16 bits per heavy atom. The lowest BCUT2D eigenvalue weighted by Crippen LogP contribution is -2.33. The summed E-state index contributed by atoms with van der Waals surface area (Å²) in [5.41, 5.74) is 5.80. The first-order chi connectivity index (χ1) is 8.58. The van der Waals surface area contributed by atoms with E-state index >= 15 is 0 Å². The van der Waals surface area contributed by atoms with E-state index in [2.05, 4.69) is 36.2 Å². The minimum atomic E-state index is 0. The summed E-state index contributed by atoms with van der Waals surface area (Å²) in [6.07, 6.45) is 4.86. The fourth-order valence-electron chi connectivity index (χ4n) is 1.58. The van der Waals surface area contributed by atoms with Crippen molar-refractivity contribution < 1.29 is 0 Å². The molecule has 0 bridgehead atoms. The molecule has 0 spiro atoms. The van der Waals surface area contributed by atoms with Gasteiger partial charge in [0.15, 0.2) is 5.96 Å². The minimum Gasteiger partial charge on any atom is -0.370 e. The smallest absolute Gasteiger partial charge is 0.188 e. The summed E-state index contributed by atoms with van der Waals surface area (Å²) in [4.78, 5) is 4.34. The molecule has 0 amide bonds. The Labute approximate surface area is 133 Å². The standard InChI is InChI=1S/C13H25N5.HI/c1-11(2)5-7-15-13(14)16-9-12(3)10-18-8-4-6-17-18;/h4,6,8,11-12H,5,7,9-10H2,1-3H3,(H3,14,15,16);1H. The lowest BCUT2D eigenvalue weighted by molar-refractivity contribution is 0.458. The molecule has 5 nitrogen and oxygen atoms in total. The maximum Gasteiger partial charge on any atom is 0.188 e. The van der Waals surface area contributed by atoms with E-state index in [4.69, 9.17) is 5.73 Å². The predicted molar refractivity (Wildman–Crippen MR) is 90.8 cm³/mol. The van der Waals surface area contributed by atoms with Gasteiger partial charge in [0, 0.05) is 32.0 Å². The highest BCUT2D eigenvalue weighted by Crippen LogP contribution is 2.00. The Balaban J connectivity index is 0.00000324. The highest BCUT2D eigenvalue weighted by atomic mass is 127. The number of nitrogens with two attached hydrogens (primary N) is 1. The van der Waals surface area contributed by atoms with E-state index in [-0.39, 0.29) is 24.0 Å². The predicted octanol–water partition coefficient (Wildman–Crippen LogP) is 2.09. The third-order valence-electron chi connectivity index (χ3n) is 2.66. The van der Waals surface area contributed by atoms with Gasteiger partial charge in [-0.15, -0.1) is 24.0 Å². The van der Waals surface area contributed by atoms with E-state index in [1.54, 1.807) is 6.20 Å². The summed E-state index contributed by atoms with van der Waals surface area (Å²) in [5, 5.41) is 7.31. The Hall–Kier alpha value is -0.790. The van der Waals surface area contributed by atoms with Crippen LogP contribution in [0.5, 0.6) is 0 Å². The van der Waals surface area contributed by atoms with Crippen molar-refractivity contribution in [3.05, 3.63) is 18.5 Å². The normalized spacial score (nSPS) is 13.2. The first-order valence-electron chi connectivity index (χ1n) is 6.59. The van der Waals surface area contributed by atoms with E-state index < -0.39 is 0 Å². The van der Waals surface area contributed by atoms with Gasteiger partial charge in [0.05, 0.1) is 0 Å². The van der Waals surface area contributed by atoms with Gasteiger partial charge in [-0.3, -0.25) is 9.67 Å². The van der Waals surface area contributed by atoms with Crippen LogP contribution in [0.2, 0.25) is 0 Å². The van der Waals surface area contributed by atoms with Crippen molar-refractivity contribution in [3.63, 3.8) is 0 Å². The molecule has 0 fully saturated rings. The molecule has 6 heteroatoms. The maximum atomic E-state index is 5.80. The molecule has 0 aromatic carbocycles. The van der Waals surface area contributed by atoms with E-state index in [1.807, 2.05) is 16.9 Å². The molecule has 0 aliphatic heterocycles. The molecule has 0 saturated carbocycles. The number of guanidine groups is 1. The van der Waals surface area contributed by atoms with Gasteiger partial charge < -0.3 is 11.1 Å². The fourth-order valence-corrected chi connectivity index (χ4v) is 1.58. The van der Waals surface area contributed by atoms with Crippen LogP contribution in [-0.2, 0) is 6.54 Å². The summed E-state index contributed by atoms with van der Waals surface area (Å²) in [6.45, 7) is 9.02. The summed E-state index contributed by atoms with van der Waals surface area (Å²) in [7, 11) is 0. The van der Waals surface area contributed by atoms with Crippen LogP contribution in [-0.4, -0.2) is 28.8 Å². The van der Waals surface area contributed by atoms with Gasteiger partial charge >= 0.3 is 0 Å². The molecule has 3 N–H and O–H groups in total. The molecule has 1 unspecified atom stereocenters. The number of hydrogen-bond acceptors (Lipinski definition) is 2. The highest BCUT2D eigenvalue weighted by Gasteiger charge is 2.03. The molecule has 1 rings (SSSR count). The molecule has 0 radical (unpaired) electrons. The lowest BCUT2D eigenvalue weighted by atomic mass is 10.1. The highest BCUT2D eigenvalue weighted by molar-refractivity contribution is 14.0.